The molecule has 1 aromatic rings. The normalized spacial score (nSPS) is 11.4. The van der Waals surface area contributed by atoms with E-state index in [1.165, 1.54) is 0 Å². The molecular weight excluding hydrogens is 283 g/mol. The first-order valence-electron chi connectivity index (χ1n) is 4.19. The zero-order chi connectivity index (χ0) is 10.6. The van der Waals surface area contributed by atoms with Crippen LogP contribution in [0, 0.1) is 0 Å². The van der Waals surface area contributed by atoms with Crippen LogP contribution >= 0.6 is 28.3 Å². The molecule has 0 saturated carbocycles. The van der Waals surface area contributed by atoms with Crippen molar-refractivity contribution < 1.29 is 9.53 Å². The van der Waals surface area contributed by atoms with Crippen molar-refractivity contribution in [2.45, 2.75) is 13.0 Å². The fourth-order valence-corrected chi connectivity index (χ4v) is 1.31. The molecule has 0 aliphatic carbocycles. The van der Waals surface area contributed by atoms with Gasteiger partial charge in [0.05, 0.1) is 12.3 Å². The Morgan fingerprint density at radius 1 is 1.67 bits per heavy atom. The van der Waals surface area contributed by atoms with Gasteiger partial charge < -0.3 is 10.5 Å². The van der Waals surface area contributed by atoms with E-state index in [2.05, 4.69) is 20.9 Å². The molecule has 0 amide bonds. The van der Waals surface area contributed by atoms with Crippen molar-refractivity contribution in [3.05, 3.63) is 28.5 Å². The largest absolute Gasteiger partial charge is 0.465 e. The topological polar surface area (TPSA) is 65.2 Å². The molecule has 1 heterocycles. The second-order valence-corrected chi connectivity index (χ2v) is 3.43. The standard InChI is InChI=1S/C9H11BrN2O2.ClH/c1-2-14-9(13)8(11)6-4-3-5-7(10)12-6;/h3-5,8H,2,11H2,1H3;1H. The Morgan fingerprint density at radius 2 is 2.33 bits per heavy atom. The molecule has 15 heavy (non-hydrogen) atoms. The average molecular weight is 296 g/mol. The minimum absolute atomic E-state index is 0. The SMILES string of the molecule is CCOC(=O)C(N)c1cccc(Br)n1.Cl. The molecule has 2 N–H and O–H groups in total. The quantitative estimate of drug-likeness (QED) is 0.682. The van der Waals surface area contributed by atoms with Gasteiger partial charge in [-0.25, -0.2) is 9.78 Å². The number of ether oxygens (including phenoxy) is 1. The Labute approximate surface area is 103 Å². The van der Waals surface area contributed by atoms with Crippen LogP contribution in [0.2, 0.25) is 0 Å². The van der Waals surface area contributed by atoms with Crippen LogP contribution in [0.3, 0.4) is 0 Å². The van der Waals surface area contributed by atoms with Crippen LogP contribution in [0.25, 0.3) is 0 Å². The van der Waals surface area contributed by atoms with Crippen molar-refractivity contribution in [2.24, 2.45) is 5.73 Å². The molecule has 84 valence electrons. The molecule has 0 aromatic carbocycles. The molecule has 0 aliphatic rings. The summed E-state index contributed by atoms with van der Waals surface area (Å²) in [7, 11) is 0. The second kappa shape index (κ2) is 6.76. The minimum Gasteiger partial charge on any atom is -0.465 e. The maximum absolute atomic E-state index is 11.3. The highest BCUT2D eigenvalue weighted by Gasteiger charge is 2.18. The number of nitrogens with two attached hydrogens (primary N) is 1. The maximum Gasteiger partial charge on any atom is 0.329 e. The van der Waals surface area contributed by atoms with Crippen LogP contribution in [-0.4, -0.2) is 17.6 Å². The molecular formula is C9H12BrClN2O2. The van der Waals surface area contributed by atoms with Gasteiger partial charge in [-0.05, 0) is 35.0 Å². The fourth-order valence-electron chi connectivity index (χ4n) is 0.950. The number of carbonyl (C=O) groups excluding carboxylic acids is 1. The van der Waals surface area contributed by atoms with E-state index < -0.39 is 12.0 Å². The van der Waals surface area contributed by atoms with Gasteiger partial charge in [-0.2, -0.15) is 0 Å². The zero-order valence-electron chi connectivity index (χ0n) is 8.14. The third kappa shape index (κ3) is 4.15. The predicted molar refractivity (Wildman–Crippen MR) is 62.7 cm³/mol. The van der Waals surface area contributed by atoms with Crippen molar-refractivity contribution in [1.29, 1.82) is 0 Å². The third-order valence-electron chi connectivity index (χ3n) is 1.60. The molecule has 0 aliphatic heterocycles. The highest BCUT2D eigenvalue weighted by atomic mass is 79.9. The van der Waals surface area contributed by atoms with Crippen LogP contribution in [-0.2, 0) is 9.53 Å². The first-order chi connectivity index (χ1) is 6.65. The molecule has 0 fully saturated rings. The fraction of sp³-hybridized carbons (Fsp3) is 0.333. The Morgan fingerprint density at radius 3 is 2.87 bits per heavy atom. The molecule has 1 atom stereocenters. The van der Waals surface area contributed by atoms with Gasteiger partial charge in [-0.1, -0.05) is 6.07 Å². The van der Waals surface area contributed by atoms with Crippen molar-refractivity contribution >= 4 is 34.3 Å². The summed E-state index contributed by atoms with van der Waals surface area (Å²) in [6, 6.07) is 4.41. The molecule has 4 nitrogen and oxygen atoms in total. The molecule has 0 spiro atoms. The molecule has 1 rings (SSSR count). The van der Waals surface area contributed by atoms with Gasteiger partial charge in [-0.15, -0.1) is 12.4 Å². The summed E-state index contributed by atoms with van der Waals surface area (Å²) < 4.78 is 5.43. The van der Waals surface area contributed by atoms with E-state index in [1.54, 1.807) is 25.1 Å². The summed E-state index contributed by atoms with van der Waals surface area (Å²) in [6.45, 7) is 2.06. The first-order valence-corrected chi connectivity index (χ1v) is 4.99. The first kappa shape index (κ1) is 14.3. The molecule has 6 heteroatoms. The number of carbonyl (C=O) groups is 1. The maximum atomic E-state index is 11.3. The number of esters is 1. The van der Waals surface area contributed by atoms with Crippen molar-refractivity contribution in [3.8, 4) is 0 Å². The van der Waals surface area contributed by atoms with Gasteiger partial charge in [0.15, 0.2) is 0 Å². The van der Waals surface area contributed by atoms with E-state index in [0.717, 1.165) is 0 Å². The molecule has 0 radical (unpaired) electrons. The predicted octanol–water partition coefficient (Wildman–Crippen LogP) is 1.83. The summed E-state index contributed by atoms with van der Waals surface area (Å²) in [5.74, 6) is -0.460. The summed E-state index contributed by atoms with van der Waals surface area (Å²) in [6.07, 6.45) is 0. The lowest BCUT2D eigenvalue weighted by atomic mass is 10.2. The van der Waals surface area contributed by atoms with Crippen LogP contribution in [0.5, 0.6) is 0 Å². The van der Waals surface area contributed by atoms with E-state index in [0.29, 0.717) is 16.9 Å². The van der Waals surface area contributed by atoms with Crippen LogP contribution in [0.4, 0.5) is 0 Å². The number of halogens is 2. The molecule has 0 bridgehead atoms. The van der Waals surface area contributed by atoms with Gasteiger partial charge >= 0.3 is 5.97 Å². The van der Waals surface area contributed by atoms with E-state index in [4.69, 9.17) is 10.5 Å². The van der Waals surface area contributed by atoms with E-state index in [1.807, 2.05) is 0 Å². The number of pyridine rings is 1. The van der Waals surface area contributed by atoms with Gasteiger partial charge in [0.25, 0.3) is 0 Å². The Hall–Kier alpha value is -0.650. The lowest BCUT2D eigenvalue weighted by Crippen LogP contribution is -2.24. The zero-order valence-corrected chi connectivity index (χ0v) is 10.5. The number of nitrogens with zero attached hydrogens (tertiary/aromatic N) is 1. The highest BCUT2D eigenvalue weighted by molar-refractivity contribution is 9.10. The smallest absolute Gasteiger partial charge is 0.329 e. The monoisotopic (exact) mass is 294 g/mol. The summed E-state index contributed by atoms with van der Waals surface area (Å²) in [5.41, 5.74) is 6.13. The summed E-state index contributed by atoms with van der Waals surface area (Å²) in [5, 5.41) is 0. The number of aromatic nitrogens is 1. The van der Waals surface area contributed by atoms with Gasteiger partial charge in [-0.3, -0.25) is 0 Å². The summed E-state index contributed by atoms with van der Waals surface area (Å²) in [4.78, 5) is 15.3. The van der Waals surface area contributed by atoms with Crippen LogP contribution < -0.4 is 5.73 Å². The van der Waals surface area contributed by atoms with Crippen molar-refractivity contribution in [1.82, 2.24) is 4.98 Å². The lowest BCUT2D eigenvalue weighted by molar-refractivity contribution is -0.144. The minimum atomic E-state index is -0.813. The molecule has 0 saturated heterocycles. The lowest BCUT2D eigenvalue weighted by Gasteiger charge is -2.09. The number of hydrogen-bond donors (Lipinski definition) is 1. The van der Waals surface area contributed by atoms with E-state index >= 15 is 0 Å². The second-order valence-electron chi connectivity index (χ2n) is 2.61. The highest BCUT2D eigenvalue weighted by Crippen LogP contribution is 2.12. The number of rotatable bonds is 3. The van der Waals surface area contributed by atoms with E-state index in [9.17, 15) is 4.79 Å². The van der Waals surface area contributed by atoms with Gasteiger partial charge in [0, 0.05) is 0 Å². The molecule has 1 aromatic heterocycles. The Balaban J connectivity index is 0.00000196. The Bertz CT molecular complexity index is 336. The average Bonchev–Trinajstić information content (AvgIpc) is 2.17. The number of hydrogen-bond acceptors (Lipinski definition) is 4. The van der Waals surface area contributed by atoms with E-state index in [-0.39, 0.29) is 12.4 Å². The summed E-state index contributed by atoms with van der Waals surface area (Å²) >= 11 is 3.20. The molecule has 1 unspecified atom stereocenters. The van der Waals surface area contributed by atoms with Gasteiger partial charge in [0.2, 0.25) is 0 Å². The van der Waals surface area contributed by atoms with Gasteiger partial charge in [0.1, 0.15) is 10.6 Å². The van der Waals surface area contributed by atoms with Crippen LogP contribution in [0.1, 0.15) is 18.7 Å². The Kier molecular flexibility index (Phi) is 6.47. The van der Waals surface area contributed by atoms with Crippen molar-refractivity contribution in [3.63, 3.8) is 0 Å². The van der Waals surface area contributed by atoms with Crippen molar-refractivity contribution in [2.75, 3.05) is 6.61 Å². The van der Waals surface area contributed by atoms with Crippen LogP contribution in [0.15, 0.2) is 22.8 Å². The third-order valence-corrected chi connectivity index (χ3v) is 2.04.